The molecule has 0 radical (unpaired) electrons. The van der Waals surface area contributed by atoms with Crippen LogP contribution in [0.1, 0.15) is 11.1 Å². The average Bonchev–Trinajstić information content (AvgIpc) is 3.48. The second-order valence-electron chi connectivity index (χ2n) is 8.89. The fourth-order valence-electron chi connectivity index (χ4n) is 4.26. The number of amides is 1. The topological polar surface area (TPSA) is 85.2 Å². The van der Waals surface area contributed by atoms with Crippen LogP contribution in [0.4, 0.5) is 5.69 Å². The first-order valence-electron chi connectivity index (χ1n) is 11.8. The van der Waals surface area contributed by atoms with Crippen molar-refractivity contribution in [3.05, 3.63) is 101 Å². The van der Waals surface area contributed by atoms with E-state index in [1.54, 1.807) is 11.0 Å². The summed E-state index contributed by atoms with van der Waals surface area (Å²) in [5.41, 5.74) is 4.80. The van der Waals surface area contributed by atoms with Crippen molar-refractivity contribution in [2.45, 2.75) is 25.0 Å². The summed E-state index contributed by atoms with van der Waals surface area (Å²) in [6.07, 6.45) is 1.58. The van der Waals surface area contributed by atoms with Crippen LogP contribution in [0.5, 0.6) is 0 Å². The van der Waals surface area contributed by atoms with E-state index in [1.807, 2.05) is 71.3 Å². The van der Waals surface area contributed by atoms with Gasteiger partial charge in [0.25, 0.3) is 0 Å². The van der Waals surface area contributed by atoms with Gasteiger partial charge in [0.15, 0.2) is 20.8 Å². The maximum Gasteiger partial charge on any atom is 0.238 e. The third kappa shape index (κ3) is 5.38. The quantitative estimate of drug-likeness (QED) is 0.313. The monoisotopic (exact) mass is 530 g/mol. The summed E-state index contributed by atoms with van der Waals surface area (Å²) < 4.78 is 26.2. The Labute approximate surface area is 220 Å². The van der Waals surface area contributed by atoms with Crippen molar-refractivity contribution in [1.82, 2.24) is 14.8 Å². The minimum absolute atomic E-state index is 0.0665. The lowest BCUT2D eigenvalue weighted by Crippen LogP contribution is -2.42. The number of sulfone groups is 1. The molecule has 0 aliphatic carbocycles. The summed E-state index contributed by atoms with van der Waals surface area (Å²) >= 11 is 1.28. The third-order valence-corrected chi connectivity index (χ3v) is 8.58. The van der Waals surface area contributed by atoms with Crippen LogP contribution in [0.15, 0.2) is 95.5 Å². The van der Waals surface area contributed by atoms with Gasteiger partial charge < -0.3 is 4.90 Å². The van der Waals surface area contributed by atoms with Gasteiger partial charge in [0, 0.05) is 16.7 Å². The predicted octanol–water partition coefficient (Wildman–Crippen LogP) is 4.99. The Morgan fingerprint density at radius 1 is 0.973 bits per heavy atom. The first-order valence-corrected chi connectivity index (χ1v) is 14.5. The van der Waals surface area contributed by atoms with E-state index in [9.17, 15) is 13.2 Å². The zero-order valence-electron chi connectivity index (χ0n) is 20.5. The molecule has 0 fully saturated rings. The van der Waals surface area contributed by atoms with E-state index in [2.05, 4.69) is 36.2 Å². The van der Waals surface area contributed by atoms with Crippen LogP contribution in [-0.2, 0) is 14.6 Å². The number of carbonyl (C=O) groups excluding carboxylic acids is 1. The molecular weight excluding hydrogens is 504 g/mol. The molecule has 5 rings (SSSR count). The summed E-state index contributed by atoms with van der Waals surface area (Å²) in [5, 5.41) is 10.7. The van der Waals surface area contributed by atoms with Crippen LogP contribution in [0.2, 0.25) is 0 Å². The Morgan fingerprint density at radius 2 is 1.68 bits per heavy atom. The van der Waals surface area contributed by atoms with E-state index >= 15 is 0 Å². The van der Waals surface area contributed by atoms with Gasteiger partial charge in [-0.3, -0.25) is 9.36 Å². The lowest BCUT2D eigenvalue weighted by atomic mass is 10.1. The number of anilines is 1. The van der Waals surface area contributed by atoms with Gasteiger partial charge in [0.1, 0.15) is 0 Å². The molecule has 1 atom stereocenters. The Hall–Kier alpha value is -3.69. The van der Waals surface area contributed by atoms with Crippen molar-refractivity contribution < 1.29 is 13.2 Å². The highest BCUT2D eigenvalue weighted by Gasteiger charge is 2.31. The van der Waals surface area contributed by atoms with E-state index in [0.717, 1.165) is 16.8 Å². The third-order valence-electron chi connectivity index (χ3n) is 6.28. The van der Waals surface area contributed by atoms with Gasteiger partial charge in [-0.2, -0.15) is 0 Å². The molecule has 0 saturated heterocycles. The number of rotatable bonds is 7. The number of para-hydroxylation sites is 1. The number of hydrogen-bond acceptors (Lipinski definition) is 6. The molecule has 188 valence electrons. The standard InChI is InChI=1S/C28H26N4O3S2/c1-20-13-14-24(17-21(20)2)32-27(22-9-5-3-6-10-22)29-30-28(32)36-18-26(33)31(23-11-7-4-8-12-23)25-15-16-37(34,35)19-25/h3-17,25H,18-19H2,1-2H3. The van der Waals surface area contributed by atoms with Gasteiger partial charge >= 0.3 is 0 Å². The normalized spacial score (nSPS) is 16.1. The summed E-state index contributed by atoms with van der Waals surface area (Å²) in [6, 6.07) is 24.6. The lowest BCUT2D eigenvalue weighted by Gasteiger charge is -2.27. The largest absolute Gasteiger partial charge is 0.304 e. The predicted molar refractivity (Wildman–Crippen MR) is 148 cm³/mol. The Morgan fingerprint density at radius 3 is 2.32 bits per heavy atom. The number of aryl methyl sites for hydroxylation is 2. The second kappa shape index (κ2) is 10.4. The van der Waals surface area contributed by atoms with Crippen LogP contribution in [0.25, 0.3) is 17.1 Å². The number of thioether (sulfide) groups is 1. The van der Waals surface area contributed by atoms with Crippen molar-refractivity contribution in [3.8, 4) is 17.1 Å². The zero-order valence-corrected chi connectivity index (χ0v) is 22.1. The lowest BCUT2D eigenvalue weighted by molar-refractivity contribution is -0.116. The van der Waals surface area contributed by atoms with Gasteiger partial charge in [0.2, 0.25) is 5.91 Å². The Bertz CT molecular complexity index is 1570. The molecule has 1 aromatic heterocycles. The van der Waals surface area contributed by atoms with Crippen molar-refractivity contribution in [3.63, 3.8) is 0 Å². The Kier molecular flexibility index (Phi) is 6.99. The number of hydrogen-bond donors (Lipinski definition) is 0. The van der Waals surface area contributed by atoms with Crippen molar-refractivity contribution >= 4 is 33.2 Å². The highest BCUT2D eigenvalue weighted by atomic mass is 32.2. The van der Waals surface area contributed by atoms with E-state index < -0.39 is 15.9 Å². The zero-order chi connectivity index (χ0) is 26.0. The van der Waals surface area contributed by atoms with E-state index in [0.29, 0.717) is 16.7 Å². The summed E-state index contributed by atoms with van der Waals surface area (Å²) in [5.74, 6) is 0.411. The minimum atomic E-state index is -3.33. The summed E-state index contributed by atoms with van der Waals surface area (Å²) in [6.45, 7) is 4.12. The molecule has 1 aliphatic heterocycles. The summed E-state index contributed by atoms with van der Waals surface area (Å²) in [4.78, 5) is 15.1. The highest BCUT2D eigenvalue weighted by Crippen LogP contribution is 2.30. The van der Waals surface area contributed by atoms with Crippen molar-refractivity contribution in [2.24, 2.45) is 0 Å². The molecule has 7 nitrogen and oxygen atoms in total. The molecule has 3 aromatic carbocycles. The smallest absolute Gasteiger partial charge is 0.238 e. The van der Waals surface area contributed by atoms with Crippen molar-refractivity contribution in [2.75, 3.05) is 16.4 Å². The Balaban J connectivity index is 1.47. The molecule has 1 amide bonds. The van der Waals surface area contributed by atoms with Crippen molar-refractivity contribution in [1.29, 1.82) is 0 Å². The molecule has 0 bridgehead atoms. The van der Waals surface area contributed by atoms with Gasteiger partial charge in [-0.15, -0.1) is 10.2 Å². The fourth-order valence-corrected chi connectivity index (χ4v) is 6.34. The van der Waals surface area contributed by atoms with E-state index in [4.69, 9.17) is 0 Å². The van der Waals surface area contributed by atoms with E-state index in [1.165, 1.54) is 22.7 Å². The fraction of sp³-hybridized carbons (Fsp3) is 0.179. The molecule has 1 unspecified atom stereocenters. The molecule has 0 N–H and O–H groups in total. The van der Waals surface area contributed by atoms with Gasteiger partial charge in [-0.1, -0.05) is 66.4 Å². The van der Waals surface area contributed by atoms with Crippen LogP contribution in [-0.4, -0.2) is 46.6 Å². The SMILES string of the molecule is Cc1ccc(-n2c(SCC(=O)N(c3ccccc3)C3C=CS(=O)(=O)C3)nnc2-c2ccccc2)cc1C. The highest BCUT2D eigenvalue weighted by molar-refractivity contribution is 7.99. The maximum atomic E-state index is 13.6. The second-order valence-corrected chi connectivity index (χ2v) is 11.8. The van der Waals surface area contributed by atoms with Crippen LogP contribution < -0.4 is 4.90 Å². The molecular formula is C28H26N4O3S2. The molecule has 1 aliphatic rings. The number of benzene rings is 3. The number of carbonyl (C=O) groups is 1. The maximum absolute atomic E-state index is 13.6. The minimum Gasteiger partial charge on any atom is -0.304 e. The van der Waals surface area contributed by atoms with Crippen LogP contribution in [0, 0.1) is 13.8 Å². The van der Waals surface area contributed by atoms with Crippen LogP contribution in [0.3, 0.4) is 0 Å². The molecule has 0 spiro atoms. The summed E-state index contributed by atoms with van der Waals surface area (Å²) in [7, 11) is -3.33. The molecule has 37 heavy (non-hydrogen) atoms. The van der Waals surface area contributed by atoms with Gasteiger partial charge in [-0.25, -0.2) is 8.42 Å². The molecule has 2 heterocycles. The van der Waals surface area contributed by atoms with Crippen LogP contribution >= 0.6 is 11.8 Å². The first-order chi connectivity index (χ1) is 17.8. The average molecular weight is 531 g/mol. The molecule has 9 heteroatoms. The van der Waals surface area contributed by atoms with Gasteiger partial charge in [0.05, 0.1) is 23.2 Å². The number of nitrogens with zero attached hydrogens (tertiary/aromatic N) is 4. The number of aromatic nitrogens is 3. The molecule has 4 aromatic rings. The molecule has 0 saturated carbocycles. The van der Waals surface area contributed by atoms with Gasteiger partial charge in [-0.05, 0) is 55.3 Å². The first kappa shape index (κ1) is 25.0. The van der Waals surface area contributed by atoms with E-state index in [-0.39, 0.29) is 17.4 Å².